The second-order valence-electron chi connectivity index (χ2n) is 5.55. The van der Waals surface area contributed by atoms with Crippen molar-refractivity contribution in [2.75, 3.05) is 39.4 Å². The average molecular weight is 278 g/mol. The number of H-pyrrole nitrogens is 1. The van der Waals surface area contributed by atoms with E-state index in [4.69, 9.17) is 4.74 Å². The number of hydrogen-bond acceptors (Lipinski definition) is 4. The molecule has 1 N–H and O–H groups in total. The number of nitrogens with one attached hydrogen (secondary N) is 1. The molecule has 3 heterocycles. The van der Waals surface area contributed by atoms with Gasteiger partial charge in [-0.2, -0.15) is 5.10 Å². The van der Waals surface area contributed by atoms with Crippen LogP contribution in [0, 0.1) is 0 Å². The Bertz CT molecular complexity index is 428. The molecular formula is C14H22N4O2. The first-order valence-electron chi connectivity index (χ1n) is 7.44. The van der Waals surface area contributed by atoms with E-state index in [1.54, 1.807) is 12.4 Å². The minimum absolute atomic E-state index is 0.108. The Hall–Kier alpha value is -1.40. The molecule has 0 aromatic carbocycles. The van der Waals surface area contributed by atoms with Gasteiger partial charge in [-0.15, -0.1) is 0 Å². The number of aromatic amines is 1. The second kappa shape index (κ2) is 6.37. The SMILES string of the molecule is O=C(c1cn[nH]c1)N1CCCCC1CN1CCOCC1. The van der Waals surface area contributed by atoms with Gasteiger partial charge < -0.3 is 9.64 Å². The van der Waals surface area contributed by atoms with E-state index in [1.807, 2.05) is 4.90 Å². The maximum absolute atomic E-state index is 12.5. The predicted molar refractivity (Wildman–Crippen MR) is 74.5 cm³/mol. The van der Waals surface area contributed by atoms with Crippen LogP contribution in [-0.2, 0) is 4.74 Å². The third kappa shape index (κ3) is 3.02. The van der Waals surface area contributed by atoms with Crippen LogP contribution in [0.5, 0.6) is 0 Å². The molecule has 2 aliphatic heterocycles. The van der Waals surface area contributed by atoms with Crippen LogP contribution in [0.1, 0.15) is 29.6 Å². The number of aromatic nitrogens is 2. The van der Waals surface area contributed by atoms with Crippen LogP contribution < -0.4 is 0 Å². The van der Waals surface area contributed by atoms with Gasteiger partial charge in [0.2, 0.25) is 0 Å². The Morgan fingerprint density at radius 3 is 2.95 bits per heavy atom. The van der Waals surface area contributed by atoms with Gasteiger partial charge in [0.05, 0.1) is 25.0 Å². The zero-order chi connectivity index (χ0) is 13.8. The number of amides is 1. The van der Waals surface area contributed by atoms with E-state index in [0.29, 0.717) is 11.6 Å². The summed E-state index contributed by atoms with van der Waals surface area (Å²) < 4.78 is 5.39. The summed E-state index contributed by atoms with van der Waals surface area (Å²) in [6.45, 7) is 5.39. The summed E-state index contributed by atoms with van der Waals surface area (Å²) in [6, 6.07) is 0.323. The van der Waals surface area contributed by atoms with Crippen molar-refractivity contribution >= 4 is 5.91 Å². The summed E-state index contributed by atoms with van der Waals surface area (Å²) >= 11 is 0. The molecule has 110 valence electrons. The Balaban J connectivity index is 1.65. The van der Waals surface area contributed by atoms with Crippen molar-refractivity contribution in [3.05, 3.63) is 18.0 Å². The van der Waals surface area contributed by atoms with Crippen molar-refractivity contribution in [2.24, 2.45) is 0 Å². The number of carbonyl (C=O) groups excluding carboxylic acids is 1. The van der Waals surface area contributed by atoms with E-state index < -0.39 is 0 Å². The first-order valence-corrected chi connectivity index (χ1v) is 7.44. The summed E-state index contributed by atoms with van der Waals surface area (Å²) in [5, 5.41) is 6.60. The van der Waals surface area contributed by atoms with Gasteiger partial charge in [0, 0.05) is 38.4 Å². The fourth-order valence-electron chi connectivity index (χ4n) is 3.07. The number of piperidine rings is 1. The maximum atomic E-state index is 12.5. The quantitative estimate of drug-likeness (QED) is 0.886. The standard InChI is InChI=1S/C14H22N4O2/c19-14(12-9-15-16-10-12)18-4-2-1-3-13(18)11-17-5-7-20-8-6-17/h9-10,13H,1-8,11H2,(H,15,16). The molecule has 2 aliphatic rings. The smallest absolute Gasteiger partial charge is 0.257 e. The highest BCUT2D eigenvalue weighted by Crippen LogP contribution is 2.20. The molecule has 0 bridgehead atoms. The second-order valence-corrected chi connectivity index (χ2v) is 5.55. The molecule has 6 nitrogen and oxygen atoms in total. The Morgan fingerprint density at radius 2 is 2.20 bits per heavy atom. The molecule has 1 unspecified atom stereocenters. The molecule has 20 heavy (non-hydrogen) atoms. The van der Waals surface area contributed by atoms with Crippen LogP contribution >= 0.6 is 0 Å². The van der Waals surface area contributed by atoms with Crippen molar-refractivity contribution < 1.29 is 9.53 Å². The molecule has 6 heteroatoms. The lowest BCUT2D eigenvalue weighted by Crippen LogP contribution is -2.51. The Labute approximate surface area is 119 Å². The van der Waals surface area contributed by atoms with E-state index in [-0.39, 0.29) is 5.91 Å². The number of morpholine rings is 1. The summed E-state index contributed by atoms with van der Waals surface area (Å²) in [5.74, 6) is 0.108. The number of hydrogen-bond donors (Lipinski definition) is 1. The summed E-state index contributed by atoms with van der Waals surface area (Å²) in [6.07, 6.45) is 6.71. The summed E-state index contributed by atoms with van der Waals surface area (Å²) in [4.78, 5) is 17.0. The van der Waals surface area contributed by atoms with Crippen molar-refractivity contribution in [3.63, 3.8) is 0 Å². The number of ether oxygens (including phenoxy) is 1. The van der Waals surface area contributed by atoms with Gasteiger partial charge in [0.25, 0.3) is 5.91 Å². The number of rotatable bonds is 3. The Kier molecular flexibility index (Phi) is 4.32. The first kappa shape index (κ1) is 13.6. The third-order valence-electron chi connectivity index (χ3n) is 4.21. The molecule has 1 amide bonds. The molecule has 0 saturated carbocycles. The predicted octanol–water partition coefficient (Wildman–Crippen LogP) is 0.737. The largest absolute Gasteiger partial charge is 0.379 e. The zero-order valence-electron chi connectivity index (χ0n) is 11.8. The molecule has 1 atom stereocenters. The summed E-state index contributed by atoms with van der Waals surface area (Å²) in [7, 11) is 0. The lowest BCUT2D eigenvalue weighted by atomic mass is 10.0. The summed E-state index contributed by atoms with van der Waals surface area (Å²) in [5.41, 5.74) is 0.666. The minimum atomic E-state index is 0.108. The molecule has 0 aliphatic carbocycles. The van der Waals surface area contributed by atoms with Gasteiger partial charge in [-0.1, -0.05) is 0 Å². The van der Waals surface area contributed by atoms with Gasteiger partial charge in [0.1, 0.15) is 0 Å². The van der Waals surface area contributed by atoms with Gasteiger partial charge in [-0.25, -0.2) is 0 Å². The topological polar surface area (TPSA) is 61.5 Å². The first-order chi connectivity index (χ1) is 9.84. The molecule has 2 fully saturated rings. The van der Waals surface area contributed by atoms with Gasteiger partial charge in [0.15, 0.2) is 0 Å². The van der Waals surface area contributed by atoms with Crippen LogP contribution in [0.25, 0.3) is 0 Å². The van der Waals surface area contributed by atoms with Crippen LogP contribution in [0.2, 0.25) is 0 Å². The fraction of sp³-hybridized carbons (Fsp3) is 0.714. The maximum Gasteiger partial charge on any atom is 0.257 e. The van der Waals surface area contributed by atoms with Crippen molar-refractivity contribution in [1.29, 1.82) is 0 Å². The lowest BCUT2D eigenvalue weighted by Gasteiger charge is -2.39. The number of carbonyl (C=O) groups is 1. The van der Waals surface area contributed by atoms with E-state index in [9.17, 15) is 4.79 Å². The molecular weight excluding hydrogens is 256 g/mol. The molecule has 1 aromatic heterocycles. The lowest BCUT2D eigenvalue weighted by molar-refractivity contribution is 0.0166. The minimum Gasteiger partial charge on any atom is -0.379 e. The fourth-order valence-corrected chi connectivity index (χ4v) is 3.07. The van der Waals surface area contributed by atoms with E-state index in [1.165, 1.54) is 6.42 Å². The molecule has 3 rings (SSSR count). The number of nitrogens with zero attached hydrogens (tertiary/aromatic N) is 3. The molecule has 1 aromatic rings. The zero-order valence-corrected chi connectivity index (χ0v) is 11.8. The highest BCUT2D eigenvalue weighted by atomic mass is 16.5. The third-order valence-corrected chi connectivity index (χ3v) is 4.21. The molecule has 2 saturated heterocycles. The van der Waals surface area contributed by atoms with Gasteiger partial charge in [-0.3, -0.25) is 14.8 Å². The van der Waals surface area contributed by atoms with E-state index in [2.05, 4.69) is 15.1 Å². The van der Waals surface area contributed by atoms with Crippen molar-refractivity contribution in [2.45, 2.75) is 25.3 Å². The highest BCUT2D eigenvalue weighted by Gasteiger charge is 2.29. The van der Waals surface area contributed by atoms with Crippen molar-refractivity contribution in [3.8, 4) is 0 Å². The van der Waals surface area contributed by atoms with Crippen LogP contribution in [0.3, 0.4) is 0 Å². The van der Waals surface area contributed by atoms with E-state index in [0.717, 1.165) is 52.2 Å². The number of likely N-dealkylation sites (tertiary alicyclic amines) is 1. The highest BCUT2D eigenvalue weighted by molar-refractivity contribution is 5.94. The molecule has 0 spiro atoms. The van der Waals surface area contributed by atoms with Crippen LogP contribution in [0.4, 0.5) is 0 Å². The van der Waals surface area contributed by atoms with E-state index >= 15 is 0 Å². The molecule has 0 radical (unpaired) electrons. The van der Waals surface area contributed by atoms with Gasteiger partial charge >= 0.3 is 0 Å². The van der Waals surface area contributed by atoms with Crippen molar-refractivity contribution in [1.82, 2.24) is 20.0 Å². The van der Waals surface area contributed by atoms with Crippen LogP contribution in [-0.4, -0.2) is 71.3 Å². The Morgan fingerprint density at radius 1 is 1.35 bits per heavy atom. The normalized spacial score (nSPS) is 24.8. The average Bonchev–Trinajstić information content (AvgIpc) is 3.02. The van der Waals surface area contributed by atoms with Gasteiger partial charge in [-0.05, 0) is 19.3 Å². The van der Waals surface area contributed by atoms with Crippen LogP contribution in [0.15, 0.2) is 12.4 Å². The monoisotopic (exact) mass is 278 g/mol.